The Morgan fingerprint density at radius 3 is 2.85 bits per heavy atom. The quantitative estimate of drug-likeness (QED) is 0.748. The molecule has 1 aliphatic rings. The Balaban J connectivity index is 2.29. The number of nitrogens with zero attached hydrogens (tertiary/aromatic N) is 1. The highest BCUT2D eigenvalue weighted by Crippen LogP contribution is 2.37. The summed E-state index contributed by atoms with van der Waals surface area (Å²) in [6, 6.07) is 4.21. The third kappa shape index (κ3) is 1.46. The van der Waals surface area contributed by atoms with Crippen molar-refractivity contribution in [3.05, 3.63) is 29.6 Å². The molecule has 1 heterocycles. The van der Waals surface area contributed by atoms with Crippen LogP contribution in [-0.2, 0) is 12.0 Å². The van der Waals surface area contributed by atoms with Crippen LogP contribution < -0.4 is 5.73 Å². The molecule has 1 saturated carbocycles. The van der Waals surface area contributed by atoms with E-state index in [0.717, 1.165) is 25.0 Å². The second kappa shape index (κ2) is 3.11. The molecule has 2 N–H and O–H groups in total. The summed E-state index contributed by atoms with van der Waals surface area (Å²) in [5.74, 6) is 0. The average Bonchev–Trinajstić information content (AvgIpc) is 2.14. The maximum atomic E-state index is 6.19. The minimum atomic E-state index is -0.106. The highest BCUT2D eigenvalue weighted by molar-refractivity contribution is 5.24. The summed E-state index contributed by atoms with van der Waals surface area (Å²) in [5, 5.41) is 0. The molecule has 1 fully saturated rings. The van der Waals surface area contributed by atoms with Gasteiger partial charge in [-0.05, 0) is 43.4 Å². The monoisotopic (exact) mass is 176 g/mol. The zero-order valence-corrected chi connectivity index (χ0v) is 8.09. The summed E-state index contributed by atoms with van der Waals surface area (Å²) in [6.45, 7) is 2.16. The SMILES string of the molecule is CCc1ccnc(C2(N)CCC2)c1. The number of hydrogen-bond acceptors (Lipinski definition) is 2. The van der Waals surface area contributed by atoms with E-state index >= 15 is 0 Å². The number of aryl methyl sites for hydroxylation is 1. The van der Waals surface area contributed by atoms with Crippen molar-refractivity contribution in [3.8, 4) is 0 Å². The third-order valence-electron chi connectivity index (χ3n) is 2.99. The van der Waals surface area contributed by atoms with Crippen molar-refractivity contribution in [2.24, 2.45) is 5.73 Å². The third-order valence-corrected chi connectivity index (χ3v) is 2.99. The van der Waals surface area contributed by atoms with Gasteiger partial charge in [-0.3, -0.25) is 4.98 Å². The molecule has 0 atom stereocenters. The molecule has 2 nitrogen and oxygen atoms in total. The molecule has 0 aromatic carbocycles. The predicted molar refractivity (Wildman–Crippen MR) is 53.3 cm³/mol. The Morgan fingerprint density at radius 1 is 1.54 bits per heavy atom. The van der Waals surface area contributed by atoms with Crippen LogP contribution >= 0.6 is 0 Å². The molecule has 2 rings (SSSR count). The van der Waals surface area contributed by atoms with Gasteiger partial charge in [0.05, 0.1) is 11.2 Å². The molecule has 1 aromatic rings. The molecule has 70 valence electrons. The first-order valence-electron chi connectivity index (χ1n) is 4.99. The number of hydrogen-bond donors (Lipinski definition) is 1. The number of pyridine rings is 1. The largest absolute Gasteiger partial charge is 0.320 e. The van der Waals surface area contributed by atoms with Crippen molar-refractivity contribution in [2.45, 2.75) is 38.1 Å². The fourth-order valence-electron chi connectivity index (χ4n) is 1.78. The average molecular weight is 176 g/mol. The van der Waals surface area contributed by atoms with Crippen LogP contribution in [0.1, 0.15) is 37.4 Å². The molecule has 0 aliphatic heterocycles. The number of aromatic nitrogens is 1. The summed E-state index contributed by atoms with van der Waals surface area (Å²) >= 11 is 0. The van der Waals surface area contributed by atoms with Gasteiger partial charge in [0.25, 0.3) is 0 Å². The molecule has 0 spiro atoms. The lowest BCUT2D eigenvalue weighted by atomic mass is 9.75. The second-order valence-corrected chi connectivity index (χ2v) is 3.91. The smallest absolute Gasteiger partial charge is 0.0605 e. The molecule has 0 unspecified atom stereocenters. The van der Waals surface area contributed by atoms with Crippen LogP contribution in [0.15, 0.2) is 18.3 Å². The van der Waals surface area contributed by atoms with Crippen LogP contribution in [0, 0.1) is 0 Å². The normalized spacial score (nSPS) is 19.5. The van der Waals surface area contributed by atoms with Gasteiger partial charge >= 0.3 is 0 Å². The minimum Gasteiger partial charge on any atom is -0.320 e. The standard InChI is InChI=1S/C11H16N2/c1-2-9-4-7-13-10(8-9)11(12)5-3-6-11/h4,7-8H,2-3,5-6,12H2,1H3. The zero-order chi connectivity index (χ0) is 9.31. The molecule has 0 amide bonds. The van der Waals surface area contributed by atoms with Crippen LogP contribution in [-0.4, -0.2) is 4.98 Å². The summed E-state index contributed by atoms with van der Waals surface area (Å²) < 4.78 is 0. The van der Waals surface area contributed by atoms with E-state index in [4.69, 9.17) is 5.73 Å². The Bertz CT molecular complexity index is 303. The van der Waals surface area contributed by atoms with E-state index in [1.165, 1.54) is 12.0 Å². The molecule has 13 heavy (non-hydrogen) atoms. The Morgan fingerprint density at radius 2 is 2.31 bits per heavy atom. The molecule has 0 bridgehead atoms. The van der Waals surface area contributed by atoms with E-state index in [9.17, 15) is 0 Å². The summed E-state index contributed by atoms with van der Waals surface area (Å²) in [5.41, 5.74) is 8.50. The van der Waals surface area contributed by atoms with Gasteiger partial charge in [0.15, 0.2) is 0 Å². The van der Waals surface area contributed by atoms with Gasteiger partial charge in [-0.25, -0.2) is 0 Å². The minimum absolute atomic E-state index is 0.106. The van der Waals surface area contributed by atoms with Gasteiger partial charge in [-0.1, -0.05) is 6.92 Å². The lowest BCUT2D eigenvalue weighted by Gasteiger charge is -2.37. The maximum Gasteiger partial charge on any atom is 0.0605 e. The van der Waals surface area contributed by atoms with Crippen LogP contribution in [0.5, 0.6) is 0 Å². The lowest BCUT2D eigenvalue weighted by Crippen LogP contribution is -2.44. The van der Waals surface area contributed by atoms with E-state index in [1.807, 2.05) is 6.20 Å². The summed E-state index contributed by atoms with van der Waals surface area (Å²) in [4.78, 5) is 4.36. The van der Waals surface area contributed by atoms with Crippen LogP contribution in [0.25, 0.3) is 0 Å². The van der Waals surface area contributed by atoms with Crippen molar-refractivity contribution < 1.29 is 0 Å². The Kier molecular flexibility index (Phi) is 2.08. The molecule has 2 heteroatoms. The summed E-state index contributed by atoms with van der Waals surface area (Å²) in [7, 11) is 0. The first-order valence-corrected chi connectivity index (χ1v) is 4.99. The molecular formula is C11H16N2. The van der Waals surface area contributed by atoms with Gasteiger partial charge < -0.3 is 5.73 Å². The fourth-order valence-corrected chi connectivity index (χ4v) is 1.78. The highest BCUT2D eigenvalue weighted by Gasteiger charge is 2.35. The van der Waals surface area contributed by atoms with Gasteiger partial charge in [0.1, 0.15) is 0 Å². The van der Waals surface area contributed by atoms with E-state index in [1.54, 1.807) is 0 Å². The molecular weight excluding hydrogens is 160 g/mol. The van der Waals surface area contributed by atoms with E-state index in [-0.39, 0.29) is 5.54 Å². The van der Waals surface area contributed by atoms with Crippen molar-refractivity contribution in [1.29, 1.82) is 0 Å². The molecule has 0 radical (unpaired) electrons. The Hall–Kier alpha value is -0.890. The maximum absolute atomic E-state index is 6.19. The molecule has 1 aromatic heterocycles. The van der Waals surface area contributed by atoms with Crippen molar-refractivity contribution in [2.75, 3.05) is 0 Å². The second-order valence-electron chi connectivity index (χ2n) is 3.91. The Labute approximate surface area is 79.2 Å². The topological polar surface area (TPSA) is 38.9 Å². The first-order chi connectivity index (χ1) is 6.24. The first kappa shape index (κ1) is 8.70. The van der Waals surface area contributed by atoms with E-state index < -0.39 is 0 Å². The zero-order valence-electron chi connectivity index (χ0n) is 8.09. The van der Waals surface area contributed by atoms with Crippen molar-refractivity contribution >= 4 is 0 Å². The van der Waals surface area contributed by atoms with Gasteiger partial charge in [-0.2, -0.15) is 0 Å². The van der Waals surface area contributed by atoms with Gasteiger partial charge in [0, 0.05) is 6.20 Å². The van der Waals surface area contributed by atoms with Crippen LogP contribution in [0.3, 0.4) is 0 Å². The number of nitrogens with two attached hydrogens (primary N) is 1. The van der Waals surface area contributed by atoms with Crippen LogP contribution in [0.4, 0.5) is 0 Å². The van der Waals surface area contributed by atoms with Crippen molar-refractivity contribution in [3.63, 3.8) is 0 Å². The van der Waals surface area contributed by atoms with Gasteiger partial charge in [-0.15, -0.1) is 0 Å². The number of rotatable bonds is 2. The van der Waals surface area contributed by atoms with Crippen molar-refractivity contribution in [1.82, 2.24) is 4.98 Å². The summed E-state index contributed by atoms with van der Waals surface area (Å²) in [6.07, 6.45) is 6.36. The predicted octanol–water partition coefficient (Wildman–Crippen LogP) is 1.98. The molecule has 1 aliphatic carbocycles. The van der Waals surface area contributed by atoms with Gasteiger partial charge in [0.2, 0.25) is 0 Å². The van der Waals surface area contributed by atoms with Crippen LogP contribution in [0.2, 0.25) is 0 Å². The highest BCUT2D eigenvalue weighted by atomic mass is 14.9. The fraction of sp³-hybridized carbons (Fsp3) is 0.545. The van der Waals surface area contributed by atoms with E-state index in [2.05, 4.69) is 24.0 Å². The lowest BCUT2D eigenvalue weighted by molar-refractivity contribution is 0.246. The molecule has 0 saturated heterocycles. The van der Waals surface area contributed by atoms with E-state index in [0.29, 0.717) is 0 Å².